The average molecular weight is 533 g/mol. The molecule has 34 heavy (non-hydrogen) atoms. The Balaban J connectivity index is 1.75. The van der Waals surface area contributed by atoms with Gasteiger partial charge in [0.25, 0.3) is 0 Å². The number of ether oxygens (including phenoxy) is 1. The number of aromatic nitrogens is 1. The van der Waals surface area contributed by atoms with Crippen LogP contribution in [0.4, 0.5) is 5.69 Å². The van der Waals surface area contributed by atoms with Crippen molar-refractivity contribution in [2.75, 3.05) is 18.6 Å². The van der Waals surface area contributed by atoms with E-state index in [-0.39, 0.29) is 11.6 Å². The van der Waals surface area contributed by atoms with Crippen molar-refractivity contribution in [3.63, 3.8) is 0 Å². The molecule has 6 heteroatoms. The topological polar surface area (TPSA) is 42.4 Å². The SMILES string of the molecule is COc1ccc(N2CCC(P(Br)(c3ccccc3)(c3ccccc3)c3ccccc3)C2=O)cn1. The molecule has 2 heterocycles. The Kier molecular flexibility index (Phi) is 6.01. The van der Waals surface area contributed by atoms with Gasteiger partial charge in [0.15, 0.2) is 0 Å². The fourth-order valence-corrected chi connectivity index (χ4v) is 13.8. The van der Waals surface area contributed by atoms with E-state index in [1.165, 1.54) is 0 Å². The van der Waals surface area contributed by atoms with Gasteiger partial charge in [0.1, 0.15) is 0 Å². The summed E-state index contributed by atoms with van der Waals surface area (Å²) in [6, 6.07) is 35.2. The summed E-state index contributed by atoms with van der Waals surface area (Å²) < 4.78 is 5.21. The molecule has 0 saturated carbocycles. The summed E-state index contributed by atoms with van der Waals surface area (Å²) in [7, 11) is 1.59. The summed E-state index contributed by atoms with van der Waals surface area (Å²) in [6.45, 7) is 0.632. The monoisotopic (exact) mass is 532 g/mol. The molecule has 4 aromatic rings. The first kappa shape index (κ1) is 22.8. The quantitative estimate of drug-likeness (QED) is 0.327. The summed E-state index contributed by atoms with van der Waals surface area (Å²) in [5.74, 6) is 0.642. The zero-order valence-electron chi connectivity index (χ0n) is 18.9. The second-order valence-electron chi connectivity index (χ2n) is 8.43. The number of rotatable bonds is 6. The Morgan fingerprint density at radius 2 is 1.32 bits per heavy atom. The van der Waals surface area contributed by atoms with Crippen molar-refractivity contribution in [3.05, 3.63) is 109 Å². The third-order valence-electron chi connectivity index (χ3n) is 6.79. The molecule has 0 bridgehead atoms. The van der Waals surface area contributed by atoms with Crippen LogP contribution < -0.4 is 25.6 Å². The van der Waals surface area contributed by atoms with E-state index < -0.39 is 5.31 Å². The first-order valence-electron chi connectivity index (χ1n) is 11.3. The van der Waals surface area contributed by atoms with Crippen LogP contribution in [0.2, 0.25) is 0 Å². The molecule has 0 radical (unpaired) electrons. The van der Waals surface area contributed by atoms with Gasteiger partial charge in [-0.1, -0.05) is 0 Å². The van der Waals surface area contributed by atoms with Gasteiger partial charge in [-0.2, -0.15) is 0 Å². The van der Waals surface area contributed by atoms with Crippen LogP contribution in [-0.4, -0.2) is 30.2 Å². The standard InChI is InChI=1S/C28H26BrN2O2P/c1-33-27-18-17-22(21-30-27)31-20-19-26(28(31)32)34(29,23-11-5-2-6-12-23,24-13-7-3-8-14-24)25-15-9-4-10-16-25/h2-18,21,26H,19-20H2,1H3. The van der Waals surface area contributed by atoms with E-state index in [2.05, 4.69) is 93.3 Å². The van der Waals surface area contributed by atoms with Crippen molar-refractivity contribution in [2.45, 2.75) is 12.1 Å². The molecule has 1 aromatic heterocycles. The first-order chi connectivity index (χ1) is 16.6. The number of halogens is 1. The molecule has 3 aromatic carbocycles. The van der Waals surface area contributed by atoms with Crippen molar-refractivity contribution < 1.29 is 9.53 Å². The number of anilines is 1. The van der Waals surface area contributed by atoms with Crippen molar-refractivity contribution in [3.8, 4) is 5.88 Å². The zero-order chi connectivity index (χ0) is 23.6. The van der Waals surface area contributed by atoms with Crippen LogP contribution >= 0.6 is 20.8 Å². The second kappa shape index (κ2) is 8.98. The van der Waals surface area contributed by atoms with E-state index in [9.17, 15) is 4.79 Å². The molecule has 1 atom stereocenters. The molecule has 0 N–H and O–H groups in total. The van der Waals surface area contributed by atoms with Gasteiger partial charge in [-0.05, 0) is 0 Å². The molecule has 1 unspecified atom stereocenters. The number of pyridine rings is 1. The summed E-state index contributed by atoms with van der Waals surface area (Å²) in [4.78, 5) is 20.5. The van der Waals surface area contributed by atoms with Gasteiger partial charge in [0.2, 0.25) is 0 Å². The van der Waals surface area contributed by atoms with Crippen molar-refractivity contribution in [1.82, 2.24) is 4.98 Å². The Bertz CT molecular complexity index is 1190. The molecule has 1 aliphatic rings. The van der Waals surface area contributed by atoms with Gasteiger partial charge in [0.05, 0.1) is 0 Å². The number of benzene rings is 3. The molecule has 0 spiro atoms. The van der Waals surface area contributed by atoms with Crippen molar-refractivity contribution in [1.29, 1.82) is 0 Å². The first-order valence-corrected chi connectivity index (χ1v) is 15.6. The van der Waals surface area contributed by atoms with Crippen molar-refractivity contribution in [2.24, 2.45) is 0 Å². The third kappa shape index (κ3) is 3.38. The van der Waals surface area contributed by atoms with Crippen LogP contribution in [-0.2, 0) is 4.79 Å². The predicted octanol–water partition coefficient (Wildman–Crippen LogP) is 5.04. The van der Waals surface area contributed by atoms with Gasteiger partial charge in [-0.3, -0.25) is 0 Å². The maximum atomic E-state index is 14.3. The predicted molar refractivity (Wildman–Crippen MR) is 146 cm³/mol. The van der Waals surface area contributed by atoms with Crippen LogP contribution in [0.5, 0.6) is 5.88 Å². The maximum absolute atomic E-state index is 14.3. The molecule has 1 amide bonds. The van der Waals surface area contributed by atoms with E-state index in [0.717, 1.165) is 28.0 Å². The van der Waals surface area contributed by atoms with Crippen LogP contribution in [0.25, 0.3) is 0 Å². The molecule has 0 aliphatic carbocycles. The van der Waals surface area contributed by atoms with Gasteiger partial charge in [-0.25, -0.2) is 0 Å². The van der Waals surface area contributed by atoms with Crippen LogP contribution in [0.3, 0.4) is 0 Å². The Morgan fingerprint density at radius 1 is 0.824 bits per heavy atom. The minimum atomic E-state index is -3.40. The van der Waals surface area contributed by atoms with Crippen LogP contribution in [0.15, 0.2) is 109 Å². The van der Waals surface area contributed by atoms with Gasteiger partial charge < -0.3 is 0 Å². The van der Waals surface area contributed by atoms with E-state index >= 15 is 0 Å². The molecule has 1 fully saturated rings. The van der Waals surface area contributed by atoms with Crippen LogP contribution in [0, 0.1) is 0 Å². The summed E-state index contributed by atoms with van der Waals surface area (Å²) in [5.41, 5.74) is 0.528. The van der Waals surface area contributed by atoms with E-state index in [1.807, 2.05) is 29.2 Å². The normalized spacial score (nSPS) is 17.2. The number of amides is 1. The number of carbonyl (C=O) groups excluding carboxylic acids is 1. The molecular weight excluding hydrogens is 507 g/mol. The molecular formula is C28H26BrN2O2P. The summed E-state index contributed by atoms with van der Waals surface area (Å²) >= 11 is 4.46. The van der Waals surface area contributed by atoms with Gasteiger partial charge in [-0.15, -0.1) is 0 Å². The molecule has 172 valence electrons. The number of carbonyl (C=O) groups is 1. The van der Waals surface area contributed by atoms with E-state index in [1.54, 1.807) is 19.4 Å². The summed E-state index contributed by atoms with van der Waals surface area (Å²) in [6.07, 6.45) is 2.45. The number of hydrogen-bond acceptors (Lipinski definition) is 3. The zero-order valence-corrected chi connectivity index (χ0v) is 21.4. The number of hydrogen-bond donors (Lipinski definition) is 0. The summed E-state index contributed by atoms with van der Waals surface area (Å²) in [5, 5.41) is 0.0591. The third-order valence-corrected chi connectivity index (χ3v) is 17.5. The minimum absolute atomic E-state index is 0.109. The number of methoxy groups -OCH3 is 1. The van der Waals surface area contributed by atoms with Gasteiger partial charge in [0, 0.05) is 0 Å². The van der Waals surface area contributed by atoms with E-state index in [4.69, 9.17) is 4.74 Å². The molecule has 5 rings (SSSR count). The Labute approximate surface area is 208 Å². The molecule has 4 nitrogen and oxygen atoms in total. The van der Waals surface area contributed by atoms with Crippen LogP contribution in [0.1, 0.15) is 6.42 Å². The van der Waals surface area contributed by atoms with Crippen molar-refractivity contribution >= 4 is 48.3 Å². The molecule has 1 saturated heterocycles. The Hall–Kier alpha value is -3.01. The average Bonchev–Trinajstić information content (AvgIpc) is 3.32. The van der Waals surface area contributed by atoms with E-state index in [0.29, 0.717) is 12.4 Å². The van der Waals surface area contributed by atoms with Gasteiger partial charge >= 0.3 is 209 Å². The second-order valence-corrected chi connectivity index (χ2v) is 17.2. The molecule has 1 aliphatic heterocycles. The number of nitrogens with zero attached hydrogens (tertiary/aromatic N) is 2. The fourth-order valence-electron chi connectivity index (χ4n) is 5.17. The Morgan fingerprint density at radius 3 is 1.74 bits per heavy atom. The fraction of sp³-hybridized carbons (Fsp3) is 0.143.